The van der Waals surface area contributed by atoms with Crippen molar-refractivity contribution in [2.24, 2.45) is 0 Å². The van der Waals surface area contributed by atoms with Crippen LogP contribution in [0.2, 0.25) is 0 Å². The quantitative estimate of drug-likeness (QED) is 0.501. The second-order valence-electron chi connectivity index (χ2n) is 6.76. The van der Waals surface area contributed by atoms with Crippen LogP contribution in [0.25, 0.3) is 22.5 Å². The fourth-order valence-electron chi connectivity index (χ4n) is 3.06. The van der Waals surface area contributed by atoms with Crippen LogP contribution in [0, 0.1) is 5.82 Å². The third-order valence-corrected chi connectivity index (χ3v) is 4.70. The lowest BCUT2D eigenvalue weighted by Crippen LogP contribution is -2.25. The first-order valence-corrected chi connectivity index (χ1v) is 9.35. The Kier molecular flexibility index (Phi) is 6.66. The number of likely N-dealkylation sites (N-methyl/N-ethyl adjacent to an activating group) is 1. The molecule has 8 heteroatoms. The minimum atomic E-state index is -2.74. The van der Waals surface area contributed by atoms with E-state index in [1.807, 2.05) is 0 Å². The SMILES string of the molecule is C=CC(=O)N(C)CCCc1cnc(-c2ccc(F)cc2)cc1-c1ccn(C(F)F)n1. The molecular formula is C22H21F3N4O. The standard InChI is InChI=1S/C22H21F3N4O/c1-3-21(30)28(2)11-4-5-16-14-26-20(15-6-8-17(23)9-7-15)13-18(16)19-10-12-29(27-19)22(24)25/h3,6-10,12-14,22H,1,4-5,11H2,2H3. The summed E-state index contributed by atoms with van der Waals surface area (Å²) >= 11 is 0. The van der Waals surface area contributed by atoms with E-state index in [-0.39, 0.29) is 11.7 Å². The maximum Gasteiger partial charge on any atom is 0.333 e. The van der Waals surface area contributed by atoms with E-state index in [0.29, 0.717) is 46.6 Å². The number of carbonyl (C=O) groups excluding carboxylic acids is 1. The predicted molar refractivity (Wildman–Crippen MR) is 108 cm³/mol. The molecule has 3 rings (SSSR count). The number of aryl methyl sites for hydroxylation is 1. The number of alkyl halides is 2. The second kappa shape index (κ2) is 9.39. The minimum Gasteiger partial charge on any atom is -0.342 e. The second-order valence-corrected chi connectivity index (χ2v) is 6.76. The monoisotopic (exact) mass is 414 g/mol. The van der Waals surface area contributed by atoms with Crippen molar-refractivity contribution in [3.8, 4) is 22.5 Å². The van der Waals surface area contributed by atoms with Crippen LogP contribution in [0.4, 0.5) is 13.2 Å². The molecule has 0 fully saturated rings. The molecule has 0 aliphatic rings. The molecule has 0 bridgehead atoms. The van der Waals surface area contributed by atoms with Gasteiger partial charge in [0.1, 0.15) is 5.82 Å². The van der Waals surface area contributed by atoms with Crippen molar-refractivity contribution >= 4 is 5.91 Å². The number of amides is 1. The third-order valence-electron chi connectivity index (χ3n) is 4.70. The molecule has 0 unspecified atom stereocenters. The highest BCUT2D eigenvalue weighted by Crippen LogP contribution is 2.29. The van der Waals surface area contributed by atoms with Gasteiger partial charge in [0.15, 0.2) is 0 Å². The number of hydrogen-bond acceptors (Lipinski definition) is 3. The van der Waals surface area contributed by atoms with Crippen molar-refractivity contribution < 1.29 is 18.0 Å². The number of halogens is 3. The summed E-state index contributed by atoms with van der Waals surface area (Å²) in [5.74, 6) is -0.528. The highest BCUT2D eigenvalue weighted by atomic mass is 19.3. The van der Waals surface area contributed by atoms with Crippen LogP contribution in [-0.4, -0.2) is 39.2 Å². The van der Waals surface area contributed by atoms with Gasteiger partial charge in [-0.1, -0.05) is 6.58 Å². The normalized spacial score (nSPS) is 11.0. The van der Waals surface area contributed by atoms with E-state index in [1.54, 1.807) is 36.3 Å². The lowest BCUT2D eigenvalue weighted by molar-refractivity contribution is -0.124. The fraction of sp³-hybridized carbons (Fsp3) is 0.227. The molecule has 0 aliphatic carbocycles. The first kappa shape index (κ1) is 21.3. The number of carbonyl (C=O) groups is 1. The Morgan fingerprint density at radius 2 is 1.97 bits per heavy atom. The fourth-order valence-corrected chi connectivity index (χ4v) is 3.06. The van der Waals surface area contributed by atoms with Gasteiger partial charge in [0.25, 0.3) is 0 Å². The largest absolute Gasteiger partial charge is 0.342 e. The predicted octanol–water partition coefficient (Wildman–Crippen LogP) is 4.72. The van der Waals surface area contributed by atoms with E-state index >= 15 is 0 Å². The minimum absolute atomic E-state index is 0.171. The zero-order valence-corrected chi connectivity index (χ0v) is 16.4. The Morgan fingerprint density at radius 1 is 1.23 bits per heavy atom. The van der Waals surface area contributed by atoms with Crippen molar-refractivity contribution in [1.82, 2.24) is 19.7 Å². The van der Waals surface area contributed by atoms with Crippen molar-refractivity contribution in [3.05, 3.63) is 72.8 Å². The van der Waals surface area contributed by atoms with Gasteiger partial charge in [0.05, 0.1) is 11.4 Å². The van der Waals surface area contributed by atoms with E-state index < -0.39 is 6.55 Å². The summed E-state index contributed by atoms with van der Waals surface area (Å²) in [6.45, 7) is 1.24. The van der Waals surface area contributed by atoms with E-state index in [4.69, 9.17) is 0 Å². The smallest absolute Gasteiger partial charge is 0.333 e. The van der Waals surface area contributed by atoms with Crippen LogP contribution in [0.3, 0.4) is 0 Å². The number of pyridine rings is 1. The Bertz CT molecular complexity index is 1030. The Hall–Kier alpha value is -3.42. The van der Waals surface area contributed by atoms with Crippen molar-refractivity contribution in [2.45, 2.75) is 19.4 Å². The lowest BCUT2D eigenvalue weighted by Gasteiger charge is -2.15. The summed E-state index contributed by atoms with van der Waals surface area (Å²) in [5.41, 5.74) is 3.17. The summed E-state index contributed by atoms with van der Waals surface area (Å²) in [4.78, 5) is 17.6. The number of rotatable bonds is 8. The molecular weight excluding hydrogens is 393 g/mol. The van der Waals surface area contributed by atoms with Gasteiger partial charge in [0.2, 0.25) is 5.91 Å². The highest BCUT2D eigenvalue weighted by molar-refractivity contribution is 5.86. The van der Waals surface area contributed by atoms with Crippen molar-refractivity contribution in [1.29, 1.82) is 0 Å². The van der Waals surface area contributed by atoms with E-state index in [0.717, 1.165) is 5.56 Å². The topological polar surface area (TPSA) is 51.0 Å². The highest BCUT2D eigenvalue weighted by Gasteiger charge is 2.15. The van der Waals surface area contributed by atoms with Gasteiger partial charge in [-0.3, -0.25) is 9.78 Å². The van der Waals surface area contributed by atoms with Gasteiger partial charge < -0.3 is 4.90 Å². The molecule has 0 aliphatic heterocycles. The molecule has 0 saturated carbocycles. The molecule has 156 valence electrons. The molecule has 0 saturated heterocycles. The molecule has 5 nitrogen and oxygen atoms in total. The Labute approximate surface area is 172 Å². The zero-order chi connectivity index (χ0) is 21.7. The average Bonchev–Trinajstić information content (AvgIpc) is 3.24. The molecule has 3 aromatic rings. The molecule has 0 radical (unpaired) electrons. The summed E-state index contributed by atoms with van der Waals surface area (Å²) in [6.07, 6.45) is 5.36. The van der Waals surface area contributed by atoms with Crippen LogP contribution in [0.5, 0.6) is 0 Å². The molecule has 2 aromatic heterocycles. The first-order chi connectivity index (χ1) is 14.4. The summed E-state index contributed by atoms with van der Waals surface area (Å²) in [5, 5.41) is 3.98. The van der Waals surface area contributed by atoms with Crippen LogP contribution in [-0.2, 0) is 11.2 Å². The Balaban J connectivity index is 1.91. The molecule has 30 heavy (non-hydrogen) atoms. The molecule has 1 amide bonds. The van der Waals surface area contributed by atoms with E-state index in [9.17, 15) is 18.0 Å². The van der Waals surface area contributed by atoms with Crippen molar-refractivity contribution in [3.63, 3.8) is 0 Å². The van der Waals surface area contributed by atoms with Gasteiger partial charge in [-0.2, -0.15) is 13.9 Å². The van der Waals surface area contributed by atoms with Crippen LogP contribution >= 0.6 is 0 Å². The number of benzene rings is 1. The molecule has 0 spiro atoms. The van der Waals surface area contributed by atoms with Crippen LogP contribution < -0.4 is 0 Å². The van der Waals surface area contributed by atoms with Gasteiger partial charge in [-0.05, 0) is 60.9 Å². The average molecular weight is 414 g/mol. The summed E-state index contributed by atoms with van der Waals surface area (Å²) in [6, 6.07) is 9.17. The maximum absolute atomic E-state index is 13.2. The van der Waals surface area contributed by atoms with E-state index in [2.05, 4.69) is 16.7 Å². The van der Waals surface area contributed by atoms with Crippen molar-refractivity contribution in [2.75, 3.05) is 13.6 Å². The van der Waals surface area contributed by atoms with Gasteiger partial charge in [-0.15, -0.1) is 0 Å². The molecule has 0 N–H and O–H groups in total. The van der Waals surface area contributed by atoms with Gasteiger partial charge in [-0.25, -0.2) is 9.07 Å². The maximum atomic E-state index is 13.2. The summed E-state index contributed by atoms with van der Waals surface area (Å²) < 4.78 is 39.8. The third kappa shape index (κ3) is 4.94. The Morgan fingerprint density at radius 3 is 2.60 bits per heavy atom. The first-order valence-electron chi connectivity index (χ1n) is 9.35. The van der Waals surface area contributed by atoms with Crippen LogP contribution in [0.1, 0.15) is 18.5 Å². The number of nitrogens with zero attached hydrogens (tertiary/aromatic N) is 4. The van der Waals surface area contributed by atoms with Crippen LogP contribution in [0.15, 0.2) is 61.4 Å². The molecule has 2 heterocycles. The molecule has 0 atom stereocenters. The summed E-state index contributed by atoms with van der Waals surface area (Å²) in [7, 11) is 1.69. The number of hydrogen-bond donors (Lipinski definition) is 0. The number of aromatic nitrogens is 3. The molecule has 1 aromatic carbocycles. The van der Waals surface area contributed by atoms with Gasteiger partial charge in [0, 0.05) is 37.1 Å². The lowest BCUT2D eigenvalue weighted by atomic mass is 9.99. The van der Waals surface area contributed by atoms with E-state index in [1.165, 1.54) is 30.5 Å². The zero-order valence-electron chi connectivity index (χ0n) is 16.4. The van der Waals surface area contributed by atoms with Gasteiger partial charge >= 0.3 is 6.55 Å².